The molecule has 2 unspecified atom stereocenters. The van der Waals surface area contributed by atoms with Crippen molar-refractivity contribution in [3.8, 4) is 11.1 Å². The van der Waals surface area contributed by atoms with E-state index in [2.05, 4.69) is 139 Å². The Morgan fingerprint density at radius 3 is 2.38 bits per heavy atom. The summed E-state index contributed by atoms with van der Waals surface area (Å²) in [6, 6.07) is 37.3. The van der Waals surface area contributed by atoms with Crippen molar-refractivity contribution in [1.29, 1.82) is 0 Å². The third-order valence-electron chi connectivity index (χ3n) is 10.3. The van der Waals surface area contributed by atoms with Crippen molar-refractivity contribution in [1.82, 2.24) is 4.68 Å². The summed E-state index contributed by atoms with van der Waals surface area (Å²) >= 11 is 0. The number of furan rings is 1. The monoisotopic (exact) mass is 581 g/mol. The van der Waals surface area contributed by atoms with Gasteiger partial charge in [0.1, 0.15) is 11.2 Å². The van der Waals surface area contributed by atoms with Crippen LogP contribution in [0.2, 0.25) is 0 Å². The highest BCUT2D eigenvalue weighted by Crippen LogP contribution is 2.53. The number of hydrogen-bond donors (Lipinski definition) is 0. The summed E-state index contributed by atoms with van der Waals surface area (Å²) in [5, 5.41) is 7.27. The highest BCUT2D eigenvalue weighted by molar-refractivity contribution is 6.22. The summed E-state index contributed by atoms with van der Waals surface area (Å²) in [7, 11) is 0. The number of allylic oxidation sites excluding steroid dienone is 3. The molecule has 1 aliphatic heterocycles. The highest BCUT2D eigenvalue weighted by Gasteiger charge is 2.42. The molecule has 2 aliphatic carbocycles. The number of benzene rings is 5. The Hall–Kier alpha value is -5.35. The molecule has 0 saturated carbocycles. The lowest BCUT2D eigenvalue weighted by molar-refractivity contribution is 0.430. The van der Waals surface area contributed by atoms with Crippen molar-refractivity contribution < 1.29 is 4.42 Å². The second kappa shape index (κ2) is 8.86. The van der Waals surface area contributed by atoms with Crippen LogP contribution in [0.4, 0.5) is 0 Å². The van der Waals surface area contributed by atoms with Crippen molar-refractivity contribution in [2.45, 2.75) is 31.8 Å². The van der Waals surface area contributed by atoms with Crippen LogP contribution in [0.15, 0.2) is 137 Å². The molecule has 216 valence electrons. The fraction of sp³-hybridized carbons (Fsp3) is 0.146. The fourth-order valence-electron chi connectivity index (χ4n) is 8.20. The molecule has 7 aromatic rings. The van der Waals surface area contributed by atoms with E-state index in [-0.39, 0.29) is 17.5 Å². The van der Waals surface area contributed by atoms with E-state index in [0.717, 1.165) is 39.8 Å². The SMILES string of the molecule is CC1(C)c2ccccc2-c2c1ccc1c2c2ccccc2n1N1C(c2cccc3c2oc2ccccc23)=NC1C1C=CC=CC1. The maximum absolute atomic E-state index is 6.54. The van der Waals surface area contributed by atoms with Crippen molar-refractivity contribution in [3.63, 3.8) is 0 Å². The standard InChI is InChI=1S/C41H31N3O/c1-41(2)31-20-9-6-16-28(31)36-32(41)23-24-34-37(36)29-17-7-10-21-33(29)43(34)44-39(25-13-4-3-5-14-25)42-40(44)30-19-12-18-27-26-15-8-11-22-35(26)45-38(27)30/h3-13,15-25,39H,14H2,1-2H3. The average Bonchev–Trinajstić information content (AvgIpc) is 3.68. The molecule has 0 radical (unpaired) electrons. The molecule has 5 aromatic carbocycles. The van der Waals surface area contributed by atoms with Crippen LogP contribution in [0.3, 0.4) is 0 Å². The van der Waals surface area contributed by atoms with Crippen molar-refractivity contribution in [2.75, 3.05) is 5.01 Å². The molecule has 4 heteroatoms. The number of para-hydroxylation sites is 3. The minimum Gasteiger partial charge on any atom is -0.455 e. The van der Waals surface area contributed by atoms with Gasteiger partial charge in [0.25, 0.3) is 0 Å². The molecule has 2 aromatic heterocycles. The summed E-state index contributed by atoms with van der Waals surface area (Å²) in [5.41, 5.74) is 10.6. The fourth-order valence-corrected chi connectivity index (χ4v) is 8.20. The molecular weight excluding hydrogens is 550 g/mol. The molecule has 0 amide bonds. The average molecular weight is 582 g/mol. The van der Waals surface area contributed by atoms with Crippen molar-refractivity contribution >= 4 is 49.6 Å². The molecule has 2 atom stereocenters. The zero-order chi connectivity index (χ0) is 29.9. The van der Waals surface area contributed by atoms with E-state index >= 15 is 0 Å². The largest absolute Gasteiger partial charge is 0.455 e. The van der Waals surface area contributed by atoms with Crippen LogP contribution in [-0.2, 0) is 5.41 Å². The molecule has 0 spiro atoms. The van der Waals surface area contributed by atoms with Crippen LogP contribution < -0.4 is 5.01 Å². The van der Waals surface area contributed by atoms with Gasteiger partial charge in [0.15, 0.2) is 12.0 Å². The zero-order valence-corrected chi connectivity index (χ0v) is 25.2. The number of amidine groups is 1. The molecular formula is C41H31N3O. The van der Waals surface area contributed by atoms with Gasteiger partial charge in [-0.1, -0.05) is 117 Å². The van der Waals surface area contributed by atoms with E-state index in [1.165, 1.54) is 44.1 Å². The van der Waals surface area contributed by atoms with Crippen LogP contribution in [0.1, 0.15) is 37.0 Å². The minimum absolute atomic E-state index is 0.0446. The number of hydrogen-bond acceptors (Lipinski definition) is 3. The quantitative estimate of drug-likeness (QED) is 0.208. The third kappa shape index (κ3) is 3.24. The van der Waals surface area contributed by atoms with E-state index in [1.807, 2.05) is 12.1 Å². The molecule has 0 saturated heterocycles. The maximum atomic E-state index is 6.54. The van der Waals surface area contributed by atoms with Crippen molar-refractivity contribution in [3.05, 3.63) is 144 Å². The van der Waals surface area contributed by atoms with Gasteiger partial charge in [0.05, 0.1) is 16.6 Å². The minimum atomic E-state index is -0.0641. The van der Waals surface area contributed by atoms with Crippen LogP contribution >= 0.6 is 0 Å². The summed E-state index contributed by atoms with van der Waals surface area (Å²) in [6.07, 6.45) is 9.78. The Morgan fingerprint density at radius 2 is 1.49 bits per heavy atom. The predicted molar refractivity (Wildman–Crippen MR) is 186 cm³/mol. The maximum Gasteiger partial charge on any atom is 0.158 e. The molecule has 10 rings (SSSR count). The van der Waals surface area contributed by atoms with Crippen LogP contribution in [0.25, 0.3) is 54.9 Å². The summed E-state index contributed by atoms with van der Waals surface area (Å²) in [6.45, 7) is 4.71. The first-order chi connectivity index (χ1) is 22.1. The van der Waals surface area contributed by atoms with Gasteiger partial charge >= 0.3 is 0 Å². The number of aliphatic imine (C=N–C) groups is 1. The lowest BCUT2D eigenvalue weighted by Crippen LogP contribution is -2.58. The zero-order valence-electron chi connectivity index (χ0n) is 25.2. The molecule has 3 aliphatic rings. The van der Waals surface area contributed by atoms with E-state index in [0.29, 0.717) is 0 Å². The van der Waals surface area contributed by atoms with Gasteiger partial charge in [0.2, 0.25) is 0 Å². The summed E-state index contributed by atoms with van der Waals surface area (Å²) in [5.74, 6) is 1.20. The highest BCUT2D eigenvalue weighted by atomic mass is 16.3. The molecule has 0 N–H and O–H groups in total. The Labute approximate surface area is 261 Å². The molecule has 4 nitrogen and oxygen atoms in total. The van der Waals surface area contributed by atoms with E-state index < -0.39 is 0 Å². The molecule has 0 fully saturated rings. The van der Waals surface area contributed by atoms with Gasteiger partial charge in [-0.3, -0.25) is 0 Å². The Kier molecular flexibility index (Phi) is 4.93. The number of rotatable bonds is 3. The van der Waals surface area contributed by atoms with Gasteiger partial charge in [-0.05, 0) is 52.9 Å². The van der Waals surface area contributed by atoms with Crippen LogP contribution in [-0.4, -0.2) is 16.7 Å². The first-order valence-electron chi connectivity index (χ1n) is 15.9. The van der Waals surface area contributed by atoms with Gasteiger partial charge in [0, 0.05) is 32.9 Å². The Morgan fingerprint density at radius 1 is 0.711 bits per heavy atom. The van der Waals surface area contributed by atoms with Gasteiger partial charge in [-0.25, -0.2) is 14.7 Å². The van der Waals surface area contributed by atoms with Crippen molar-refractivity contribution in [2.24, 2.45) is 10.9 Å². The number of aromatic nitrogens is 1. The molecule has 45 heavy (non-hydrogen) atoms. The normalized spacial score (nSPS) is 19.8. The Balaban J connectivity index is 1.27. The number of fused-ring (bicyclic) bond motifs is 10. The number of nitrogens with zero attached hydrogens (tertiary/aromatic N) is 3. The lowest BCUT2D eigenvalue weighted by atomic mass is 9.82. The predicted octanol–water partition coefficient (Wildman–Crippen LogP) is 9.86. The van der Waals surface area contributed by atoms with Crippen LogP contribution in [0.5, 0.6) is 0 Å². The second-order valence-electron chi connectivity index (χ2n) is 13.1. The summed E-state index contributed by atoms with van der Waals surface area (Å²) < 4.78 is 8.99. The molecule has 0 bridgehead atoms. The topological polar surface area (TPSA) is 33.7 Å². The van der Waals surface area contributed by atoms with E-state index in [1.54, 1.807) is 0 Å². The van der Waals surface area contributed by atoms with Crippen LogP contribution in [0, 0.1) is 5.92 Å². The summed E-state index contributed by atoms with van der Waals surface area (Å²) in [4.78, 5) is 5.39. The van der Waals surface area contributed by atoms with E-state index in [9.17, 15) is 0 Å². The van der Waals surface area contributed by atoms with Gasteiger partial charge < -0.3 is 4.42 Å². The van der Waals surface area contributed by atoms with E-state index in [4.69, 9.17) is 9.41 Å². The van der Waals surface area contributed by atoms with Gasteiger partial charge in [-0.2, -0.15) is 0 Å². The smallest absolute Gasteiger partial charge is 0.158 e. The lowest BCUT2D eigenvalue weighted by Gasteiger charge is -2.44. The second-order valence-corrected chi connectivity index (χ2v) is 13.1. The Bertz CT molecular complexity index is 2470. The molecule has 3 heterocycles. The third-order valence-corrected chi connectivity index (χ3v) is 10.3. The first-order valence-corrected chi connectivity index (χ1v) is 15.9. The first kappa shape index (κ1) is 25.0. The van der Waals surface area contributed by atoms with Gasteiger partial charge in [-0.15, -0.1) is 0 Å².